The van der Waals surface area contributed by atoms with Gasteiger partial charge in [0.2, 0.25) is 0 Å². The van der Waals surface area contributed by atoms with E-state index >= 15 is 0 Å². The van der Waals surface area contributed by atoms with E-state index in [9.17, 15) is 0 Å². The molecule has 0 aliphatic rings. The van der Waals surface area contributed by atoms with Crippen LogP contribution in [-0.2, 0) is 0 Å². The molecule has 0 aliphatic carbocycles. The second-order valence-corrected chi connectivity index (χ2v) is 2.83. The quantitative estimate of drug-likeness (QED) is 0.556. The van der Waals surface area contributed by atoms with Gasteiger partial charge in [0.15, 0.2) is 5.65 Å². The Kier molecular flexibility index (Phi) is 1.14. The van der Waals surface area contributed by atoms with Gasteiger partial charge in [-0.15, -0.1) is 0 Å². The van der Waals surface area contributed by atoms with E-state index in [-0.39, 0.29) is 0 Å². The highest BCUT2D eigenvalue weighted by molar-refractivity contribution is 6.00. The molecule has 3 aromatic rings. The molecule has 62 valence electrons. The van der Waals surface area contributed by atoms with Crippen LogP contribution in [0.25, 0.3) is 21.9 Å². The number of H-pyrrole nitrogens is 1. The van der Waals surface area contributed by atoms with E-state index < -0.39 is 0 Å². The van der Waals surface area contributed by atoms with Crippen LogP contribution in [0.3, 0.4) is 0 Å². The first-order valence-electron chi connectivity index (χ1n) is 3.98. The molecule has 0 aliphatic heterocycles. The fourth-order valence-corrected chi connectivity index (χ4v) is 1.43. The van der Waals surface area contributed by atoms with Crippen molar-refractivity contribution in [3.63, 3.8) is 0 Å². The molecule has 3 aromatic heterocycles. The van der Waals surface area contributed by atoms with Gasteiger partial charge >= 0.3 is 0 Å². The van der Waals surface area contributed by atoms with E-state index in [4.69, 9.17) is 0 Å². The standard InChI is InChI=1S/C9H6N4/c1-2-6-4-11-9-7(5-12-13-9)8(6)10-3-1/h1-5H,(H,11,12,13). The van der Waals surface area contributed by atoms with Crippen molar-refractivity contribution in [2.24, 2.45) is 0 Å². The van der Waals surface area contributed by atoms with Gasteiger partial charge in [0.25, 0.3) is 0 Å². The first-order chi connectivity index (χ1) is 6.45. The van der Waals surface area contributed by atoms with Gasteiger partial charge in [-0.3, -0.25) is 10.1 Å². The number of pyridine rings is 2. The third-order valence-electron chi connectivity index (χ3n) is 2.05. The van der Waals surface area contributed by atoms with Crippen molar-refractivity contribution < 1.29 is 0 Å². The van der Waals surface area contributed by atoms with Gasteiger partial charge in [-0.05, 0) is 12.1 Å². The van der Waals surface area contributed by atoms with E-state index in [0.717, 1.165) is 21.9 Å². The molecule has 0 atom stereocenters. The van der Waals surface area contributed by atoms with Crippen molar-refractivity contribution in [2.75, 3.05) is 0 Å². The van der Waals surface area contributed by atoms with E-state index in [1.807, 2.05) is 12.1 Å². The lowest BCUT2D eigenvalue weighted by Crippen LogP contribution is -1.81. The zero-order valence-corrected chi connectivity index (χ0v) is 6.73. The van der Waals surface area contributed by atoms with E-state index in [1.54, 1.807) is 18.6 Å². The summed E-state index contributed by atoms with van der Waals surface area (Å²) in [6, 6.07) is 3.89. The van der Waals surface area contributed by atoms with Crippen LogP contribution in [0.4, 0.5) is 0 Å². The molecular formula is C9H6N4. The average Bonchev–Trinajstić information content (AvgIpc) is 2.65. The monoisotopic (exact) mass is 170 g/mol. The summed E-state index contributed by atoms with van der Waals surface area (Å²) in [7, 11) is 0. The van der Waals surface area contributed by atoms with E-state index in [0.29, 0.717) is 0 Å². The molecule has 0 spiro atoms. The largest absolute Gasteiger partial charge is 0.261 e. The number of nitrogens with one attached hydrogen (secondary N) is 1. The molecule has 13 heavy (non-hydrogen) atoms. The van der Waals surface area contributed by atoms with Crippen molar-refractivity contribution in [3.05, 3.63) is 30.7 Å². The molecule has 0 radical (unpaired) electrons. The minimum absolute atomic E-state index is 0.784. The van der Waals surface area contributed by atoms with Crippen LogP contribution in [-0.4, -0.2) is 20.2 Å². The maximum atomic E-state index is 4.28. The van der Waals surface area contributed by atoms with Crippen molar-refractivity contribution in [1.82, 2.24) is 20.2 Å². The summed E-state index contributed by atoms with van der Waals surface area (Å²) in [6.07, 6.45) is 5.31. The minimum atomic E-state index is 0.784. The molecule has 3 heterocycles. The van der Waals surface area contributed by atoms with Gasteiger partial charge < -0.3 is 0 Å². The van der Waals surface area contributed by atoms with Gasteiger partial charge in [0, 0.05) is 17.8 Å². The summed E-state index contributed by atoms with van der Waals surface area (Å²) in [5.41, 5.74) is 1.73. The fraction of sp³-hybridized carbons (Fsp3) is 0. The molecule has 4 heteroatoms. The molecule has 0 saturated heterocycles. The molecule has 0 amide bonds. The Hall–Kier alpha value is -1.97. The van der Waals surface area contributed by atoms with Crippen LogP contribution in [0.15, 0.2) is 30.7 Å². The van der Waals surface area contributed by atoms with Gasteiger partial charge in [-0.25, -0.2) is 4.98 Å². The van der Waals surface area contributed by atoms with Crippen molar-refractivity contribution in [3.8, 4) is 0 Å². The number of nitrogens with zero attached hydrogens (tertiary/aromatic N) is 3. The van der Waals surface area contributed by atoms with Crippen LogP contribution < -0.4 is 0 Å². The third kappa shape index (κ3) is 0.823. The Balaban J connectivity index is 2.65. The van der Waals surface area contributed by atoms with Crippen molar-refractivity contribution in [1.29, 1.82) is 0 Å². The molecular weight excluding hydrogens is 164 g/mol. The van der Waals surface area contributed by atoms with Gasteiger partial charge in [-0.1, -0.05) is 0 Å². The summed E-state index contributed by atoms with van der Waals surface area (Å²) in [5.74, 6) is 0. The lowest BCUT2D eigenvalue weighted by molar-refractivity contribution is 1.10. The smallest absolute Gasteiger partial charge is 0.157 e. The number of aromatic nitrogens is 4. The highest BCUT2D eigenvalue weighted by atomic mass is 15.1. The van der Waals surface area contributed by atoms with Crippen LogP contribution in [0.5, 0.6) is 0 Å². The normalized spacial score (nSPS) is 11.1. The lowest BCUT2D eigenvalue weighted by atomic mass is 10.2. The summed E-state index contributed by atoms with van der Waals surface area (Å²) in [5, 5.41) is 8.74. The Morgan fingerprint density at radius 3 is 3.15 bits per heavy atom. The molecule has 0 saturated carbocycles. The molecule has 4 nitrogen and oxygen atoms in total. The minimum Gasteiger partial charge on any atom is -0.261 e. The van der Waals surface area contributed by atoms with Gasteiger partial charge in [0.05, 0.1) is 17.1 Å². The predicted octanol–water partition coefficient (Wildman–Crippen LogP) is 1.51. The molecule has 0 fully saturated rings. The number of fused-ring (bicyclic) bond motifs is 3. The second kappa shape index (κ2) is 2.26. The highest BCUT2D eigenvalue weighted by Gasteiger charge is 2.02. The average molecular weight is 170 g/mol. The topological polar surface area (TPSA) is 54.5 Å². The SMILES string of the molecule is c1cnc2c(c1)cnc1[nH]ncc12. The fourth-order valence-electron chi connectivity index (χ4n) is 1.43. The lowest BCUT2D eigenvalue weighted by Gasteiger charge is -1.95. The molecule has 3 rings (SSSR count). The first kappa shape index (κ1) is 6.54. The van der Waals surface area contributed by atoms with Gasteiger partial charge in [-0.2, -0.15) is 5.10 Å². The van der Waals surface area contributed by atoms with Crippen LogP contribution in [0, 0.1) is 0 Å². The Morgan fingerprint density at radius 1 is 1.15 bits per heavy atom. The Labute approximate surface area is 73.6 Å². The molecule has 0 unspecified atom stereocenters. The maximum absolute atomic E-state index is 4.28. The van der Waals surface area contributed by atoms with Crippen LogP contribution >= 0.6 is 0 Å². The highest BCUT2D eigenvalue weighted by Crippen LogP contribution is 2.18. The van der Waals surface area contributed by atoms with Crippen LogP contribution in [0.1, 0.15) is 0 Å². The Morgan fingerprint density at radius 2 is 2.15 bits per heavy atom. The van der Waals surface area contributed by atoms with Crippen LogP contribution in [0.2, 0.25) is 0 Å². The number of rotatable bonds is 0. The summed E-state index contributed by atoms with van der Waals surface area (Å²) >= 11 is 0. The summed E-state index contributed by atoms with van der Waals surface area (Å²) in [6.45, 7) is 0. The number of aromatic amines is 1. The van der Waals surface area contributed by atoms with E-state index in [2.05, 4.69) is 20.2 Å². The number of hydrogen-bond acceptors (Lipinski definition) is 3. The van der Waals surface area contributed by atoms with Crippen molar-refractivity contribution >= 4 is 21.9 Å². The predicted molar refractivity (Wildman–Crippen MR) is 49.2 cm³/mol. The third-order valence-corrected chi connectivity index (χ3v) is 2.05. The van der Waals surface area contributed by atoms with Crippen molar-refractivity contribution in [2.45, 2.75) is 0 Å². The summed E-state index contributed by atoms with van der Waals surface area (Å²) in [4.78, 5) is 8.49. The second-order valence-electron chi connectivity index (χ2n) is 2.83. The Bertz CT molecular complexity index is 570. The molecule has 0 aromatic carbocycles. The zero-order valence-electron chi connectivity index (χ0n) is 6.73. The molecule has 0 bridgehead atoms. The molecule has 1 N–H and O–H groups in total. The van der Waals surface area contributed by atoms with Gasteiger partial charge in [0.1, 0.15) is 0 Å². The summed E-state index contributed by atoms with van der Waals surface area (Å²) < 4.78 is 0. The zero-order chi connectivity index (χ0) is 8.67. The first-order valence-corrected chi connectivity index (χ1v) is 3.98. The number of hydrogen-bond donors (Lipinski definition) is 1. The van der Waals surface area contributed by atoms with E-state index in [1.165, 1.54) is 0 Å². The maximum Gasteiger partial charge on any atom is 0.157 e.